The highest BCUT2D eigenvalue weighted by Gasteiger charge is 2.42. The minimum Gasteiger partial charge on any atom is -0.373 e. The van der Waals surface area contributed by atoms with E-state index >= 15 is 0 Å². The van der Waals surface area contributed by atoms with Gasteiger partial charge in [0.25, 0.3) is 0 Å². The van der Waals surface area contributed by atoms with E-state index in [9.17, 15) is 0 Å². The molecule has 2 aromatic rings. The minimum absolute atomic E-state index is 0.0168. The fourth-order valence-corrected chi connectivity index (χ4v) is 3.88. The van der Waals surface area contributed by atoms with Crippen LogP contribution in [0.25, 0.3) is 0 Å². The Morgan fingerprint density at radius 2 is 2.00 bits per heavy atom. The molecule has 0 saturated carbocycles. The maximum atomic E-state index is 6.22. The van der Waals surface area contributed by atoms with Gasteiger partial charge < -0.3 is 10.1 Å². The van der Waals surface area contributed by atoms with Crippen molar-refractivity contribution in [3.63, 3.8) is 0 Å². The van der Waals surface area contributed by atoms with Crippen LogP contribution in [0.4, 0.5) is 5.95 Å². The van der Waals surface area contributed by atoms with Crippen molar-refractivity contribution < 1.29 is 4.74 Å². The summed E-state index contributed by atoms with van der Waals surface area (Å²) in [4.78, 5) is 15.6. The highest BCUT2D eigenvalue weighted by atomic mass is 16.5. The molecule has 4 heterocycles. The number of rotatable bonds is 4. The van der Waals surface area contributed by atoms with Crippen LogP contribution in [-0.2, 0) is 11.3 Å². The summed E-state index contributed by atoms with van der Waals surface area (Å²) in [6, 6.07) is 8.38. The number of hydrogen-bond donors (Lipinski definition) is 1. The summed E-state index contributed by atoms with van der Waals surface area (Å²) in [6.45, 7) is 5.83. The van der Waals surface area contributed by atoms with Gasteiger partial charge >= 0.3 is 0 Å². The Morgan fingerprint density at radius 3 is 2.76 bits per heavy atom. The molecule has 2 saturated heterocycles. The topological polar surface area (TPSA) is 63.2 Å². The van der Waals surface area contributed by atoms with E-state index in [2.05, 4.69) is 37.3 Å². The SMILES string of the molecule is Cc1cccc(CN2CCC3(CC2)C[C@@H](Nc2ncccn2)CO3)n1. The predicted octanol–water partition coefficient (Wildman–Crippen LogP) is 2.42. The van der Waals surface area contributed by atoms with Crippen molar-refractivity contribution in [1.82, 2.24) is 19.9 Å². The zero-order chi connectivity index (χ0) is 17.1. The predicted molar refractivity (Wildman–Crippen MR) is 96.2 cm³/mol. The Morgan fingerprint density at radius 1 is 1.20 bits per heavy atom. The first-order valence-electron chi connectivity index (χ1n) is 9.03. The summed E-state index contributed by atoms with van der Waals surface area (Å²) in [5.41, 5.74) is 2.26. The number of anilines is 1. The van der Waals surface area contributed by atoms with Gasteiger partial charge in [0.05, 0.1) is 23.9 Å². The van der Waals surface area contributed by atoms with Gasteiger partial charge in [0.1, 0.15) is 0 Å². The fourth-order valence-electron chi connectivity index (χ4n) is 3.88. The van der Waals surface area contributed by atoms with Crippen molar-refractivity contribution in [1.29, 1.82) is 0 Å². The number of hydrogen-bond acceptors (Lipinski definition) is 6. The molecule has 2 aromatic heterocycles. The van der Waals surface area contributed by atoms with Gasteiger partial charge in [0, 0.05) is 37.7 Å². The highest BCUT2D eigenvalue weighted by Crippen LogP contribution is 2.36. The van der Waals surface area contributed by atoms with Crippen molar-refractivity contribution in [2.45, 2.75) is 44.4 Å². The molecule has 2 aliphatic rings. The molecule has 1 atom stereocenters. The van der Waals surface area contributed by atoms with Gasteiger partial charge in [0.2, 0.25) is 5.95 Å². The van der Waals surface area contributed by atoms with Crippen LogP contribution in [0.1, 0.15) is 30.7 Å². The summed E-state index contributed by atoms with van der Waals surface area (Å²) in [6.07, 6.45) is 6.71. The number of piperidine rings is 1. The molecule has 25 heavy (non-hydrogen) atoms. The lowest BCUT2D eigenvalue weighted by Gasteiger charge is -2.38. The van der Waals surface area contributed by atoms with E-state index in [4.69, 9.17) is 4.74 Å². The van der Waals surface area contributed by atoms with E-state index < -0.39 is 0 Å². The Bertz CT molecular complexity index is 700. The third kappa shape index (κ3) is 3.96. The summed E-state index contributed by atoms with van der Waals surface area (Å²) in [7, 11) is 0. The second-order valence-electron chi connectivity index (χ2n) is 7.16. The second-order valence-corrected chi connectivity index (χ2v) is 7.16. The van der Waals surface area contributed by atoms with Gasteiger partial charge in [0.15, 0.2) is 0 Å². The zero-order valence-corrected chi connectivity index (χ0v) is 14.7. The molecule has 132 valence electrons. The largest absolute Gasteiger partial charge is 0.373 e. The Labute approximate surface area is 148 Å². The van der Waals surface area contributed by atoms with E-state index in [0.717, 1.165) is 56.9 Å². The van der Waals surface area contributed by atoms with Gasteiger partial charge in [-0.3, -0.25) is 9.88 Å². The van der Waals surface area contributed by atoms with Crippen LogP contribution < -0.4 is 5.32 Å². The van der Waals surface area contributed by atoms with Crippen LogP contribution in [0, 0.1) is 6.92 Å². The first-order valence-corrected chi connectivity index (χ1v) is 9.03. The van der Waals surface area contributed by atoms with E-state index in [1.807, 2.05) is 19.1 Å². The standard InChI is InChI=1S/C19H25N5O/c1-15-4-2-5-16(22-15)13-24-10-6-19(7-11-24)12-17(14-25-19)23-18-20-8-3-9-21-18/h2-5,8-9,17H,6-7,10-14H2,1H3,(H,20,21,23)/t17-/m1/s1. The number of likely N-dealkylation sites (tertiary alicyclic amines) is 1. The molecule has 0 aliphatic carbocycles. The summed E-state index contributed by atoms with van der Waals surface area (Å²) in [5, 5.41) is 3.40. The van der Waals surface area contributed by atoms with Gasteiger partial charge in [-0.25, -0.2) is 9.97 Å². The number of ether oxygens (including phenoxy) is 1. The van der Waals surface area contributed by atoms with E-state index in [1.165, 1.54) is 0 Å². The molecular formula is C19H25N5O. The lowest BCUT2D eigenvalue weighted by atomic mass is 9.87. The van der Waals surface area contributed by atoms with E-state index in [1.54, 1.807) is 12.4 Å². The van der Waals surface area contributed by atoms with Crippen molar-refractivity contribution in [2.24, 2.45) is 0 Å². The monoisotopic (exact) mass is 339 g/mol. The maximum absolute atomic E-state index is 6.22. The Hall–Kier alpha value is -2.05. The third-order valence-electron chi connectivity index (χ3n) is 5.21. The molecule has 0 amide bonds. The third-order valence-corrected chi connectivity index (χ3v) is 5.21. The molecule has 2 fully saturated rings. The molecule has 6 heteroatoms. The van der Waals surface area contributed by atoms with Gasteiger partial charge in [-0.2, -0.15) is 0 Å². The normalized spacial score (nSPS) is 23.0. The molecule has 1 N–H and O–H groups in total. The molecule has 0 unspecified atom stereocenters. The molecule has 1 spiro atoms. The molecule has 2 aliphatic heterocycles. The molecule has 0 radical (unpaired) electrons. The molecule has 0 aromatic carbocycles. The van der Waals surface area contributed by atoms with Crippen molar-refractivity contribution in [3.8, 4) is 0 Å². The molecular weight excluding hydrogens is 314 g/mol. The van der Waals surface area contributed by atoms with Crippen molar-refractivity contribution >= 4 is 5.95 Å². The average Bonchev–Trinajstić information content (AvgIpc) is 3.01. The zero-order valence-electron chi connectivity index (χ0n) is 14.7. The Balaban J connectivity index is 1.29. The molecule has 0 bridgehead atoms. The quantitative estimate of drug-likeness (QED) is 0.923. The van der Waals surface area contributed by atoms with E-state index in [-0.39, 0.29) is 5.60 Å². The average molecular weight is 339 g/mol. The molecule has 6 nitrogen and oxygen atoms in total. The molecule has 4 rings (SSSR count). The highest BCUT2D eigenvalue weighted by molar-refractivity contribution is 5.25. The van der Waals surface area contributed by atoms with Crippen LogP contribution in [0.15, 0.2) is 36.7 Å². The Kier molecular flexibility index (Phi) is 4.63. The van der Waals surface area contributed by atoms with Gasteiger partial charge in [-0.1, -0.05) is 6.07 Å². The first-order chi connectivity index (χ1) is 12.2. The summed E-state index contributed by atoms with van der Waals surface area (Å²) < 4.78 is 6.22. The lowest BCUT2D eigenvalue weighted by molar-refractivity contribution is -0.0449. The van der Waals surface area contributed by atoms with Crippen LogP contribution in [-0.4, -0.2) is 51.2 Å². The van der Waals surface area contributed by atoms with Crippen LogP contribution >= 0.6 is 0 Å². The number of aryl methyl sites for hydroxylation is 1. The minimum atomic E-state index is 0.0168. The number of nitrogens with one attached hydrogen (secondary N) is 1. The summed E-state index contributed by atoms with van der Waals surface area (Å²) >= 11 is 0. The van der Waals surface area contributed by atoms with Crippen molar-refractivity contribution in [3.05, 3.63) is 48.0 Å². The fraction of sp³-hybridized carbons (Fsp3) is 0.526. The maximum Gasteiger partial charge on any atom is 0.222 e. The summed E-state index contributed by atoms with van der Waals surface area (Å²) in [5.74, 6) is 0.691. The van der Waals surface area contributed by atoms with Crippen LogP contribution in [0.5, 0.6) is 0 Å². The van der Waals surface area contributed by atoms with Crippen LogP contribution in [0.3, 0.4) is 0 Å². The number of pyridine rings is 1. The van der Waals surface area contributed by atoms with E-state index in [0.29, 0.717) is 12.0 Å². The second kappa shape index (κ2) is 7.06. The lowest BCUT2D eigenvalue weighted by Crippen LogP contribution is -2.44. The number of aromatic nitrogens is 3. The van der Waals surface area contributed by atoms with Gasteiger partial charge in [-0.15, -0.1) is 0 Å². The van der Waals surface area contributed by atoms with Gasteiger partial charge in [-0.05, 0) is 44.4 Å². The number of nitrogens with zero attached hydrogens (tertiary/aromatic N) is 4. The van der Waals surface area contributed by atoms with Crippen molar-refractivity contribution in [2.75, 3.05) is 25.0 Å². The van der Waals surface area contributed by atoms with Crippen LogP contribution in [0.2, 0.25) is 0 Å². The first kappa shape index (κ1) is 16.4. The smallest absolute Gasteiger partial charge is 0.222 e.